The number of benzene rings is 3. The first kappa shape index (κ1) is 24.8. The lowest BCUT2D eigenvalue weighted by atomic mass is 10.2. The van der Waals surface area contributed by atoms with Crippen LogP contribution in [0, 0.1) is 17.1 Å². The van der Waals surface area contributed by atoms with Gasteiger partial charge in [-0.1, -0.05) is 24.3 Å². The van der Waals surface area contributed by atoms with E-state index in [1.54, 1.807) is 60.7 Å². The Hall–Kier alpha value is -5.50. The van der Waals surface area contributed by atoms with Crippen LogP contribution in [0.25, 0.3) is 11.0 Å². The molecule has 0 amide bonds. The van der Waals surface area contributed by atoms with E-state index in [1.807, 2.05) is 15.9 Å². The second kappa shape index (κ2) is 10.7. The number of para-hydroxylation sites is 2. The van der Waals surface area contributed by atoms with Gasteiger partial charge in [0.2, 0.25) is 11.9 Å². The summed E-state index contributed by atoms with van der Waals surface area (Å²) in [7, 11) is 0. The van der Waals surface area contributed by atoms with Crippen LogP contribution in [0.15, 0.2) is 88.1 Å². The van der Waals surface area contributed by atoms with Crippen LogP contribution < -0.4 is 25.5 Å². The van der Waals surface area contributed by atoms with Crippen molar-refractivity contribution in [1.82, 2.24) is 15.0 Å². The highest BCUT2D eigenvalue weighted by Gasteiger charge is 2.23. The lowest BCUT2D eigenvalue weighted by molar-refractivity contribution is 0.436. The summed E-state index contributed by atoms with van der Waals surface area (Å²) in [6.45, 7) is 2.19. The number of nitrogens with one attached hydrogen (secondary N) is 1. The molecule has 0 aliphatic carbocycles. The first-order chi connectivity index (χ1) is 19.6. The quantitative estimate of drug-likeness (QED) is 0.302. The first-order valence-corrected chi connectivity index (χ1v) is 12.5. The summed E-state index contributed by atoms with van der Waals surface area (Å²) in [5.41, 5.74) is 1.55. The molecule has 3 aromatic carbocycles. The zero-order valence-corrected chi connectivity index (χ0v) is 21.1. The third kappa shape index (κ3) is 5.23. The van der Waals surface area contributed by atoms with Crippen LogP contribution in [-0.4, -0.2) is 41.1 Å². The molecule has 0 unspecified atom stereocenters. The van der Waals surface area contributed by atoms with Crippen LogP contribution in [0.3, 0.4) is 0 Å². The first-order valence-electron chi connectivity index (χ1n) is 12.5. The molecule has 1 fully saturated rings. The second-order valence-electron chi connectivity index (χ2n) is 9.01. The smallest absolute Gasteiger partial charge is 0.339 e. The van der Waals surface area contributed by atoms with Gasteiger partial charge in [0.15, 0.2) is 0 Å². The molecule has 11 heteroatoms. The number of anilines is 4. The Labute approximate surface area is 227 Å². The van der Waals surface area contributed by atoms with Gasteiger partial charge in [0.25, 0.3) is 0 Å². The molecule has 0 bridgehead atoms. The van der Waals surface area contributed by atoms with Crippen molar-refractivity contribution < 1.29 is 13.5 Å². The van der Waals surface area contributed by atoms with Crippen molar-refractivity contribution in [1.29, 1.82) is 5.26 Å². The summed E-state index contributed by atoms with van der Waals surface area (Å²) in [5, 5.41) is 12.8. The highest BCUT2D eigenvalue weighted by atomic mass is 19.1. The van der Waals surface area contributed by atoms with E-state index in [2.05, 4.69) is 26.3 Å². The number of nitrogens with zero attached hydrogens (tertiary/aromatic N) is 6. The molecule has 40 heavy (non-hydrogen) atoms. The molecule has 6 rings (SSSR count). The van der Waals surface area contributed by atoms with Gasteiger partial charge in [-0.05, 0) is 48.5 Å². The van der Waals surface area contributed by atoms with E-state index in [-0.39, 0.29) is 23.5 Å². The molecule has 198 valence electrons. The number of hydrogen-bond donors (Lipinski definition) is 1. The van der Waals surface area contributed by atoms with Crippen molar-refractivity contribution in [3.8, 4) is 17.8 Å². The minimum Gasteiger partial charge on any atom is -0.423 e. The van der Waals surface area contributed by atoms with Crippen LogP contribution in [0.4, 0.5) is 27.7 Å². The molecule has 0 spiro atoms. The molecule has 0 atom stereocenters. The van der Waals surface area contributed by atoms with E-state index in [9.17, 15) is 9.18 Å². The maximum absolute atomic E-state index is 14.3. The van der Waals surface area contributed by atoms with Crippen LogP contribution in [0.2, 0.25) is 0 Å². The van der Waals surface area contributed by atoms with Crippen LogP contribution in [0.1, 0.15) is 5.56 Å². The van der Waals surface area contributed by atoms with Gasteiger partial charge in [0.1, 0.15) is 17.1 Å². The third-order valence-corrected chi connectivity index (χ3v) is 6.44. The molecule has 0 saturated carbocycles. The molecule has 5 aromatic rings. The number of hydrogen-bond acceptors (Lipinski definition) is 10. The maximum atomic E-state index is 14.3. The van der Waals surface area contributed by atoms with Gasteiger partial charge in [0.05, 0.1) is 28.8 Å². The van der Waals surface area contributed by atoms with Crippen LogP contribution in [-0.2, 0) is 0 Å². The van der Waals surface area contributed by atoms with E-state index in [0.29, 0.717) is 60.0 Å². The molecule has 1 saturated heterocycles. The second-order valence-corrected chi connectivity index (χ2v) is 9.01. The van der Waals surface area contributed by atoms with Crippen molar-refractivity contribution in [2.45, 2.75) is 0 Å². The van der Waals surface area contributed by atoms with Gasteiger partial charge >= 0.3 is 11.6 Å². The molecule has 0 radical (unpaired) electrons. The minimum absolute atomic E-state index is 0.0200. The van der Waals surface area contributed by atoms with Gasteiger partial charge in [-0.3, -0.25) is 0 Å². The third-order valence-electron chi connectivity index (χ3n) is 6.44. The van der Waals surface area contributed by atoms with Gasteiger partial charge < -0.3 is 24.3 Å². The van der Waals surface area contributed by atoms with Crippen molar-refractivity contribution in [2.75, 3.05) is 41.3 Å². The summed E-state index contributed by atoms with van der Waals surface area (Å²) >= 11 is 0. The SMILES string of the molecule is N#Cc1ccc(Nc2nc(Oc3cc(=O)oc4ccccc34)nc(N3CCN(c4ccccc4F)CC3)n2)cc1. The molecule has 1 aliphatic rings. The van der Waals surface area contributed by atoms with Crippen molar-refractivity contribution in [3.05, 3.63) is 101 Å². The monoisotopic (exact) mass is 535 g/mol. The van der Waals surface area contributed by atoms with E-state index >= 15 is 0 Å². The highest BCUT2D eigenvalue weighted by molar-refractivity contribution is 5.83. The molecule has 2 aromatic heterocycles. The Morgan fingerprint density at radius 3 is 2.40 bits per heavy atom. The molecular weight excluding hydrogens is 513 g/mol. The van der Waals surface area contributed by atoms with Gasteiger partial charge in [-0.25, -0.2) is 9.18 Å². The predicted molar refractivity (Wildman–Crippen MR) is 148 cm³/mol. The molecule has 1 aliphatic heterocycles. The maximum Gasteiger partial charge on any atom is 0.339 e. The topological polar surface area (TPSA) is 120 Å². The van der Waals surface area contributed by atoms with E-state index in [0.717, 1.165) is 0 Å². The number of aromatic nitrogens is 3. The Bertz CT molecular complexity index is 1780. The average molecular weight is 536 g/mol. The van der Waals surface area contributed by atoms with Crippen LogP contribution in [0.5, 0.6) is 11.8 Å². The molecular formula is C29H22FN7O3. The van der Waals surface area contributed by atoms with E-state index < -0.39 is 5.63 Å². The summed E-state index contributed by atoms with van der Waals surface area (Å²) < 4.78 is 25.6. The van der Waals surface area contributed by atoms with Crippen molar-refractivity contribution in [2.24, 2.45) is 0 Å². The normalized spacial score (nSPS) is 13.2. The molecule has 3 heterocycles. The number of nitriles is 1. The predicted octanol–water partition coefficient (Wildman–Crippen LogP) is 4.85. The number of fused-ring (bicyclic) bond motifs is 1. The van der Waals surface area contributed by atoms with E-state index in [4.69, 9.17) is 14.4 Å². The Morgan fingerprint density at radius 2 is 1.62 bits per heavy atom. The van der Waals surface area contributed by atoms with Gasteiger partial charge in [-0.15, -0.1) is 0 Å². The number of piperazine rings is 1. The molecule has 10 nitrogen and oxygen atoms in total. The fourth-order valence-corrected chi connectivity index (χ4v) is 4.47. The van der Waals surface area contributed by atoms with Gasteiger partial charge in [0, 0.05) is 31.9 Å². The largest absolute Gasteiger partial charge is 0.423 e. The van der Waals surface area contributed by atoms with Crippen LogP contribution >= 0.6 is 0 Å². The zero-order valence-electron chi connectivity index (χ0n) is 21.1. The fraction of sp³-hybridized carbons (Fsp3) is 0.138. The van der Waals surface area contributed by atoms with Gasteiger partial charge in [-0.2, -0.15) is 20.2 Å². The zero-order chi connectivity index (χ0) is 27.5. The number of ether oxygens (including phenoxy) is 1. The lowest BCUT2D eigenvalue weighted by Gasteiger charge is -2.36. The molecule has 1 N–H and O–H groups in total. The highest BCUT2D eigenvalue weighted by Crippen LogP contribution is 2.29. The summed E-state index contributed by atoms with van der Waals surface area (Å²) in [6, 6.07) is 23.9. The summed E-state index contributed by atoms with van der Waals surface area (Å²) in [5.74, 6) is 0.563. The summed E-state index contributed by atoms with van der Waals surface area (Å²) in [4.78, 5) is 29.7. The number of rotatable bonds is 6. The Morgan fingerprint density at radius 1 is 0.900 bits per heavy atom. The summed E-state index contributed by atoms with van der Waals surface area (Å²) in [6.07, 6.45) is 0. The van der Waals surface area contributed by atoms with Crippen molar-refractivity contribution in [3.63, 3.8) is 0 Å². The average Bonchev–Trinajstić information content (AvgIpc) is 2.98. The Balaban J connectivity index is 1.32. The fourth-order valence-electron chi connectivity index (χ4n) is 4.47. The standard InChI is InChI=1S/C29H22FN7O3/c30-22-6-2-3-7-23(22)36-13-15-37(16-14-36)28-33-27(32-20-11-9-19(18-31)10-12-20)34-29(35-28)40-25-17-26(38)39-24-8-4-1-5-21(24)25/h1-12,17H,13-16H2,(H,32,33,34,35). The minimum atomic E-state index is -0.567. The van der Waals surface area contributed by atoms with E-state index in [1.165, 1.54) is 12.1 Å². The number of halogens is 1. The Kier molecular flexibility index (Phi) is 6.64. The lowest BCUT2D eigenvalue weighted by Crippen LogP contribution is -2.47. The van der Waals surface area contributed by atoms with Crippen molar-refractivity contribution >= 4 is 34.2 Å².